The zero-order valence-electron chi connectivity index (χ0n) is 12.6. The Morgan fingerprint density at radius 1 is 1.12 bits per heavy atom. The topological polar surface area (TPSA) is 144 Å². The Morgan fingerprint density at radius 2 is 1.88 bits per heavy atom. The van der Waals surface area contributed by atoms with Gasteiger partial charge in [-0.05, 0) is 12.1 Å². The number of para-hydroxylation sites is 1. The Hall–Kier alpha value is -3.82. The Labute approximate surface area is 139 Å². The van der Waals surface area contributed by atoms with Crippen LogP contribution < -0.4 is 5.32 Å². The second-order valence-corrected chi connectivity index (χ2v) is 5.10. The summed E-state index contributed by atoms with van der Waals surface area (Å²) < 4.78 is 0. The maximum absolute atomic E-state index is 12.2. The van der Waals surface area contributed by atoms with E-state index in [2.05, 4.69) is 15.3 Å². The van der Waals surface area contributed by atoms with Gasteiger partial charge in [0, 0.05) is 18.2 Å². The first-order chi connectivity index (χ1) is 12.0. The second-order valence-electron chi connectivity index (χ2n) is 5.10. The molecule has 1 amide bonds. The van der Waals surface area contributed by atoms with E-state index in [0.29, 0.717) is 16.9 Å². The number of hydrogen-bond donors (Lipinski definition) is 2. The Bertz CT molecular complexity index is 997. The van der Waals surface area contributed by atoms with Crippen LogP contribution in [-0.4, -0.2) is 25.7 Å². The third kappa shape index (κ3) is 3.27. The van der Waals surface area contributed by atoms with Crippen LogP contribution in [0.4, 0.5) is 11.4 Å². The first-order valence-electron chi connectivity index (χ1n) is 7.10. The Kier molecular flexibility index (Phi) is 4.08. The molecule has 2 N–H and O–H groups in total. The fourth-order valence-electron chi connectivity index (χ4n) is 2.33. The van der Waals surface area contributed by atoms with E-state index in [4.69, 9.17) is 0 Å². The minimum absolute atomic E-state index is 0.00659. The molecule has 0 aliphatic heterocycles. The van der Waals surface area contributed by atoms with E-state index < -0.39 is 15.8 Å². The van der Waals surface area contributed by atoms with E-state index in [1.54, 1.807) is 0 Å². The van der Waals surface area contributed by atoms with E-state index in [9.17, 15) is 25.0 Å². The lowest BCUT2D eigenvalue weighted by atomic mass is 10.1. The third-order valence-electron chi connectivity index (χ3n) is 3.49. The Morgan fingerprint density at radius 3 is 2.60 bits per heavy atom. The maximum atomic E-state index is 12.2. The largest absolute Gasteiger partial charge is 0.345 e. The summed E-state index contributed by atoms with van der Waals surface area (Å²) in [5, 5.41) is 24.3. The van der Waals surface area contributed by atoms with E-state index in [1.165, 1.54) is 42.5 Å². The van der Waals surface area contributed by atoms with Gasteiger partial charge in [-0.15, -0.1) is 0 Å². The van der Waals surface area contributed by atoms with Crippen molar-refractivity contribution in [3.8, 4) is 0 Å². The lowest BCUT2D eigenvalue weighted by molar-refractivity contribution is -0.385. The van der Waals surface area contributed by atoms with Crippen molar-refractivity contribution in [2.75, 3.05) is 0 Å². The maximum Gasteiger partial charge on any atom is 0.282 e. The van der Waals surface area contributed by atoms with Crippen molar-refractivity contribution in [1.29, 1.82) is 0 Å². The van der Waals surface area contributed by atoms with E-state index in [1.807, 2.05) is 0 Å². The number of amides is 1. The monoisotopic (exact) mass is 341 g/mol. The first kappa shape index (κ1) is 16.1. The molecular formula is C15H11N5O5. The zero-order valence-corrected chi connectivity index (χ0v) is 12.6. The minimum atomic E-state index is -0.630. The molecule has 0 fully saturated rings. The molecule has 10 heteroatoms. The number of hydrogen-bond acceptors (Lipinski definition) is 6. The molecule has 0 radical (unpaired) electrons. The average molecular weight is 341 g/mol. The summed E-state index contributed by atoms with van der Waals surface area (Å²) in [6.07, 6.45) is 0. The van der Waals surface area contributed by atoms with Gasteiger partial charge in [0.25, 0.3) is 17.3 Å². The molecule has 0 saturated heterocycles. The van der Waals surface area contributed by atoms with Crippen LogP contribution >= 0.6 is 0 Å². The zero-order chi connectivity index (χ0) is 18.0. The van der Waals surface area contributed by atoms with Crippen molar-refractivity contribution in [2.45, 2.75) is 6.54 Å². The fourth-order valence-corrected chi connectivity index (χ4v) is 2.33. The van der Waals surface area contributed by atoms with Crippen LogP contribution in [0.5, 0.6) is 0 Å². The molecular weight excluding hydrogens is 330 g/mol. The molecule has 0 atom stereocenters. The number of imidazole rings is 1. The highest BCUT2D eigenvalue weighted by Crippen LogP contribution is 2.20. The number of H-pyrrole nitrogens is 1. The highest BCUT2D eigenvalue weighted by atomic mass is 16.6. The third-order valence-corrected chi connectivity index (χ3v) is 3.49. The van der Waals surface area contributed by atoms with Gasteiger partial charge < -0.3 is 10.3 Å². The predicted molar refractivity (Wildman–Crippen MR) is 87.0 cm³/mol. The number of nitrogens with one attached hydrogen (secondary N) is 2. The summed E-state index contributed by atoms with van der Waals surface area (Å²) in [5.41, 5.74) is 0.552. The van der Waals surface area contributed by atoms with Crippen molar-refractivity contribution < 1.29 is 14.6 Å². The Balaban J connectivity index is 1.77. The standard InChI is InChI=1S/C15H11N5O5/c21-15(10-3-1-2-4-13(10)20(24)25)16-8-14-17-11-6-5-9(19(22)23)7-12(11)18-14/h1-7H,8H2,(H,16,21)(H,17,18). The summed E-state index contributed by atoms with van der Waals surface area (Å²) in [6.45, 7) is -0.00659. The average Bonchev–Trinajstić information content (AvgIpc) is 3.01. The summed E-state index contributed by atoms with van der Waals surface area (Å²) in [6, 6.07) is 9.78. The van der Waals surface area contributed by atoms with Gasteiger partial charge in [-0.25, -0.2) is 4.98 Å². The van der Waals surface area contributed by atoms with Crippen LogP contribution in [-0.2, 0) is 6.54 Å². The molecule has 0 bridgehead atoms. The normalized spacial score (nSPS) is 10.6. The van der Waals surface area contributed by atoms with Crippen molar-refractivity contribution in [3.05, 3.63) is 74.1 Å². The highest BCUT2D eigenvalue weighted by molar-refractivity contribution is 5.98. The van der Waals surface area contributed by atoms with Crippen LogP contribution in [0, 0.1) is 20.2 Å². The van der Waals surface area contributed by atoms with Crippen molar-refractivity contribution in [2.24, 2.45) is 0 Å². The molecule has 0 saturated carbocycles. The van der Waals surface area contributed by atoms with Gasteiger partial charge >= 0.3 is 0 Å². The summed E-state index contributed by atoms with van der Waals surface area (Å²) >= 11 is 0. The smallest absolute Gasteiger partial charge is 0.282 e. The number of fused-ring (bicyclic) bond motifs is 1. The number of non-ortho nitro benzene ring substituents is 1. The van der Waals surface area contributed by atoms with Gasteiger partial charge in [0.1, 0.15) is 11.4 Å². The van der Waals surface area contributed by atoms with Gasteiger partial charge in [-0.1, -0.05) is 12.1 Å². The SMILES string of the molecule is O=C(NCc1nc2ccc([N+](=O)[O-])cc2[nH]1)c1ccccc1[N+](=O)[O-]. The molecule has 3 aromatic rings. The van der Waals surface area contributed by atoms with Crippen LogP contribution in [0.25, 0.3) is 11.0 Å². The number of carbonyl (C=O) groups excluding carboxylic acids is 1. The minimum Gasteiger partial charge on any atom is -0.345 e. The quantitative estimate of drug-likeness (QED) is 0.538. The number of nitro benzene ring substituents is 2. The van der Waals surface area contributed by atoms with Gasteiger partial charge in [0.15, 0.2) is 0 Å². The van der Waals surface area contributed by atoms with E-state index in [-0.39, 0.29) is 23.5 Å². The van der Waals surface area contributed by atoms with Crippen molar-refractivity contribution in [1.82, 2.24) is 15.3 Å². The van der Waals surface area contributed by atoms with Crippen LogP contribution in [0.3, 0.4) is 0 Å². The van der Waals surface area contributed by atoms with Gasteiger partial charge in [0.2, 0.25) is 0 Å². The van der Waals surface area contributed by atoms with E-state index in [0.717, 1.165) is 0 Å². The van der Waals surface area contributed by atoms with Gasteiger partial charge in [-0.2, -0.15) is 0 Å². The van der Waals surface area contributed by atoms with Crippen molar-refractivity contribution >= 4 is 28.3 Å². The molecule has 126 valence electrons. The molecule has 0 aliphatic rings. The number of nitrogens with zero attached hydrogens (tertiary/aromatic N) is 3. The number of benzene rings is 2. The highest BCUT2D eigenvalue weighted by Gasteiger charge is 2.19. The number of aromatic amines is 1. The molecule has 1 aromatic heterocycles. The molecule has 3 rings (SSSR count). The first-order valence-corrected chi connectivity index (χ1v) is 7.10. The van der Waals surface area contributed by atoms with E-state index >= 15 is 0 Å². The fraction of sp³-hybridized carbons (Fsp3) is 0.0667. The number of nitro groups is 2. The molecule has 25 heavy (non-hydrogen) atoms. The number of carbonyl (C=O) groups is 1. The number of aromatic nitrogens is 2. The summed E-state index contributed by atoms with van der Waals surface area (Å²) in [4.78, 5) is 39.8. The van der Waals surface area contributed by atoms with Crippen LogP contribution in [0.15, 0.2) is 42.5 Å². The lowest BCUT2D eigenvalue weighted by Crippen LogP contribution is -2.24. The molecule has 0 unspecified atom stereocenters. The molecule has 0 aliphatic carbocycles. The number of rotatable bonds is 5. The van der Waals surface area contributed by atoms with Crippen molar-refractivity contribution in [3.63, 3.8) is 0 Å². The molecule has 10 nitrogen and oxygen atoms in total. The predicted octanol–water partition coefficient (Wildman–Crippen LogP) is 2.31. The van der Waals surface area contributed by atoms with Crippen LogP contribution in [0.1, 0.15) is 16.2 Å². The van der Waals surface area contributed by atoms with Gasteiger partial charge in [-0.3, -0.25) is 25.0 Å². The molecule has 2 aromatic carbocycles. The summed E-state index contributed by atoms with van der Waals surface area (Å²) in [7, 11) is 0. The summed E-state index contributed by atoms with van der Waals surface area (Å²) in [5.74, 6) is -0.235. The van der Waals surface area contributed by atoms with Gasteiger partial charge in [0.05, 0.1) is 27.4 Å². The lowest BCUT2D eigenvalue weighted by Gasteiger charge is -2.03. The molecule has 0 spiro atoms. The van der Waals surface area contributed by atoms with Crippen LogP contribution in [0.2, 0.25) is 0 Å². The second kappa shape index (κ2) is 6.35. The molecule has 1 heterocycles.